The van der Waals surface area contributed by atoms with Crippen LogP contribution in [0.3, 0.4) is 0 Å². The van der Waals surface area contributed by atoms with Crippen LogP contribution in [-0.4, -0.2) is 66.4 Å². The Morgan fingerprint density at radius 2 is 1.73 bits per heavy atom. The number of piperazine rings is 1. The van der Waals surface area contributed by atoms with E-state index < -0.39 is 0 Å². The molecule has 0 spiro atoms. The standard InChI is InChI=1S/C25H32N6O2/c1-32-22-8-6-7-21(17-22)30-15-13-29(14-16-30)19-24-27-25(28-33-24)20-9-10-23(26-18-20)31-11-4-2-3-5-12-31/h6-10,17-18H,2-5,11-16,19H2,1H3. The Morgan fingerprint density at radius 1 is 0.909 bits per heavy atom. The number of benzene rings is 1. The predicted octanol–water partition coefficient (Wildman–Crippen LogP) is 3.84. The maximum absolute atomic E-state index is 5.56. The van der Waals surface area contributed by atoms with Crippen molar-refractivity contribution in [2.45, 2.75) is 32.2 Å². The molecule has 1 aromatic carbocycles. The maximum Gasteiger partial charge on any atom is 0.241 e. The summed E-state index contributed by atoms with van der Waals surface area (Å²) in [7, 11) is 1.70. The molecule has 0 saturated carbocycles. The summed E-state index contributed by atoms with van der Waals surface area (Å²) in [5.74, 6) is 3.19. The highest BCUT2D eigenvalue weighted by Gasteiger charge is 2.20. The molecule has 0 atom stereocenters. The van der Waals surface area contributed by atoms with E-state index in [4.69, 9.17) is 9.26 Å². The van der Waals surface area contributed by atoms with Gasteiger partial charge >= 0.3 is 0 Å². The molecule has 0 aliphatic carbocycles. The van der Waals surface area contributed by atoms with Crippen molar-refractivity contribution in [2.75, 3.05) is 56.2 Å². The Morgan fingerprint density at radius 3 is 2.45 bits per heavy atom. The summed E-state index contributed by atoms with van der Waals surface area (Å²) in [4.78, 5) is 16.4. The lowest BCUT2D eigenvalue weighted by Gasteiger charge is -2.35. The van der Waals surface area contributed by atoms with E-state index in [1.54, 1.807) is 7.11 Å². The van der Waals surface area contributed by atoms with E-state index in [-0.39, 0.29) is 0 Å². The molecule has 4 heterocycles. The van der Waals surface area contributed by atoms with E-state index in [0.717, 1.165) is 56.4 Å². The van der Waals surface area contributed by atoms with Gasteiger partial charge in [-0.1, -0.05) is 24.1 Å². The molecule has 3 aromatic rings. The zero-order valence-electron chi connectivity index (χ0n) is 19.3. The van der Waals surface area contributed by atoms with Gasteiger partial charge in [0.25, 0.3) is 0 Å². The number of methoxy groups -OCH3 is 1. The second-order valence-electron chi connectivity index (χ2n) is 8.78. The van der Waals surface area contributed by atoms with Crippen LogP contribution in [0, 0.1) is 0 Å². The highest BCUT2D eigenvalue weighted by atomic mass is 16.5. The van der Waals surface area contributed by atoms with Crippen molar-refractivity contribution in [3.8, 4) is 17.1 Å². The topological polar surface area (TPSA) is 70.8 Å². The molecular weight excluding hydrogens is 416 g/mol. The van der Waals surface area contributed by atoms with E-state index in [2.05, 4.69) is 54.1 Å². The van der Waals surface area contributed by atoms with Gasteiger partial charge in [-0.15, -0.1) is 0 Å². The molecule has 8 heteroatoms. The largest absolute Gasteiger partial charge is 0.497 e. The van der Waals surface area contributed by atoms with E-state index in [0.29, 0.717) is 18.3 Å². The molecule has 5 rings (SSSR count). The number of pyridine rings is 1. The predicted molar refractivity (Wildman–Crippen MR) is 129 cm³/mol. The van der Waals surface area contributed by atoms with Crippen LogP contribution in [0.5, 0.6) is 5.75 Å². The maximum atomic E-state index is 5.56. The van der Waals surface area contributed by atoms with Gasteiger partial charge in [-0.05, 0) is 37.1 Å². The van der Waals surface area contributed by atoms with E-state index in [9.17, 15) is 0 Å². The van der Waals surface area contributed by atoms with Gasteiger partial charge < -0.3 is 19.1 Å². The van der Waals surface area contributed by atoms with Gasteiger partial charge in [0, 0.05) is 62.8 Å². The van der Waals surface area contributed by atoms with E-state index in [1.165, 1.54) is 31.4 Å². The summed E-state index contributed by atoms with van der Waals surface area (Å²) in [6, 6.07) is 12.4. The van der Waals surface area contributed by atoms with Crippen LogP contribution in [0.1, 0.15) is 31.6 Å². The molecule has 0 amide bonds. The summed E-state index contributed by atoms with van der Waals surface area (Å²) in [5, 5.41) is 4.20. The van der Waals surface area contributed by atoms with Crippen LogP contribution >= 0.6 is 0 Å². The van der Waals surface area contributed by atoms with Crippen molar-refractivity contribution in [3.63, 3.8) is 0 Å². The summed E-state index contributed by atoms with van der Waals surface area (Å²) in [6.07, 6.45) is 6.98. The Hall–Kier alpha value is -3.13. The van der Waals surface area contributed by atoms with Crippen LogP contribution in [0.2, 0.25) is 0 Å². The van der Waals surface area contributed by atoms with Gasteiger partial charge in [-0.3, -0.25) is 4.90 Å². The second-order valence-corrected chi connectivity index (χ2v) is 8.78. The lowest BCUT2D eigenvalue weighted by atomic mass is 10.2. The molecule has 8 nitrogen and oxygen atoms in total. The Labute approximate surface area is 195 Å². The number of anilines is 2. The van der Waals surface area contributed by atoms with Crippen LogP contribution in [-0.2, 0) is 6.54 Å². The number of ether oxygens (including phenoxy) is 1. The zero-order chi connectivity index (χ0) is 22.5. The summed E-state index contributed by atoms with van der Waals surface area (Å²) in [6.45, 7) is 6.64. The average Bonchev–Trinajstić information content (AvgIpc) is 3.16. The quantitative estimate of drug-likeness (QED) is 0.563. The number of aromatic nitrogens is 3. The van der Waals surface area contributed by atoms with Crippen molar-refractivity contribution in [1.29, 1.82) is 0 Å². The molecule has 2 aromatic heterocycles. The molecule has 174 valence electrons. The number of hydrogen-bond donors (Lipinski definition) is 0. The third-order valence-corrected chi connectivity index (χ3v) is 6.55. The molecule has 0 N–H and O–H groups in total. The van der Waals surface area contributed by atoms with Crippen molar-refractivity contribution in [3.05, 3.63) is 48.5 Å². The third-order valence-electron chi connectivity index (χ3n) is 6.55. The minimum Gasteiger partial charge on any atom is -0.497 e. The average molecular weight is 449 g/mol. The first-order chi connectivity index (χ1) is 16.3. The van der Waals surface area contributed by atoms with Gasteiger partial charge in [0.1, 0.15) is 11.6 Å². The number of rotatable bonds is 6. The Bertz CT molecular complexity index is 1020. The molecule has 33 heavy (non-hydrogen) atoms. The van der Waals surface area contributed by atoms with Gasteiger partial charge in [-0.2, -0.15) is 4.98 Å². The molecule has 2 saturated heterocycles. The second kappa shape index (κ2) is 10.2. The lowest BCUT2D eigenvalue weighted by Crippen LogP contribution is -2.46. The molecule has 0 radical (unpaired) electrons. The number of hydrogen-bond acceptors (Lipinski definition) is 8. The van der Waals surface area contributed by atoms with Crippen molar-refractivity contribution < 1.29 is 9.26 Å². The zero-order valence-corrected chi connectivity index (χ0v) is 19.3. The third kappa shape index (κ3) is 5.27. The molecule has 2 aliphatic rings. The fourth-order valence-corrected chi connectivity index (χ4v) is 4.60. The lowest BCUT2D eigenvalue weighted by molar-refractivity contribution is 0.215. The highest BCUT2D eigenvalue weighted by molar-refractivity contribution is 5.56. The van der Waals surface area contributed by atoms with Gasteiger partial charge in [-0.25, -0.2) is 4.98 Å². The van der Waals surface area contributed by atoms with Crippen LogP contribution in [0.25, 0.3) is 11.4 Å². The Kier molecular flexibility index (Phi) is 6.71. The molecule has 2 fully saturated rings. The fraction of sp³-hybridized carbons (Fsp3) is 0.480. The van der Waals surface area contributed by atoms with Crippen molar-refractivity contribution in [1.82, 2.24) is 20.0 Å². The van der Waals surface area contributed by atoms with Gasteiger partial charge in [0.15, 0.2) is 0 Å². The molecular formula is C25H32N6O2. The van der Waals surface area contributed by atoms with Gasteiger partial charge in [0.05, 0.1) is 13.7 Å². The SMILES string of the molecule is COc1cccc(N2CCN(Cc3nc(-c4ccc(N5CCCCCC5)nc4)no3)CC2)c1. The highest BCUT2D eigenvalue weighted by Crippen LogP contribution is 2.24. The molecule has 2 aliphatic heterocycles. The van der Waals surface area contributed by atoms with Crippen molar-refractivity contribution >= 4 is 11.5 Å². The van der Waals surface area contributed by atoms with E-state index >= 15 is 0 Å². The fourth-order valence-electron chi connectivity index (χ4n) is 4.60. The first-order valence-corrected chi connectivity index (χ1v) is 11.9. The first kappa shape index (κ1) is 21.7. The smallest absolute Gasteiger partial charge is 0.241 e. The van der Waals surface area contributed by atoms with E-state index in [1.807, 2.05) is 18.3 Å². The minimum atomic E-state index is 0.606. The number of nitrogens with zero attached hydrogens (tertiary/aromatic N) is 6. The Balaban J connectivity index is 1.16. The summed E-state index contributed by atoms with van der Waals surface area (Å²) in [5.41, 5.74) is 2.09. The first-order valence-electron chi connectivity index (χ1n) is 11.9. The monoisotopic (exact) mass is 448 g/mol. The summed E-state index contributed by atoms with van der Waals surface area (Å²) < 4.78 is 10.9. The molecule has 0 unspecified atom stereocenters. The van der Waals surface area contributed by atoms with Crippen LogP contribution in [0.4, 0.5) is 11.5 Å². The normalized spacial score (nSPS) is 17.7. The van der Waals surface area contributed by atoms with Crippen molar-refractivity contribution in [2.24, 2.45) is 0 Å². The minimum absolute atomic E-state index is 0.606. The van der Waals surface area contributed by atoms with Crippen LogP contribution < -0.4 is 14.5 Å². The molecule has 0 bridgehead atoms. The summed E-state index contributed by atoms with van der Waals surface area (Å²) >= 11 is 0. The van der Waals surface area contributed by atoms with Crippen LogP contribution in [0.15, 0.2) is 47.1 Å². The van der Waals surface area contributed by atoms with Gasteiger partial charge in [0.2, 0.25) is 11.7 Å².